The van der Waals surface area contributed by atoms with Gasteiger partial charge in [0.05, 0.1) is 11.2 Å². The second-order valence-corrected chi connectivity index (χ2v) is 9.88. The Hall–Kier alpha value is -2.78. The zero-order valence-electron chi connectivity index (χ0n) is 19.6. The highest BCUT2D eigenvalue weighted by molar-refractivity contribution is 6.56. The van der Waals surface area contributed by atoms with Crippen LogP contribution in [0.4, 0.5) is 4.79 Å². The number of carbonyl (C=O) groups excluding carboxylic acids is 1. The van der Waals surface area contributed by atoms with E-state index in [4.69, 9.17) is 23.6 Å². The number of aromatic carboxylic acids is 1. The lowest BCUT2D eigenvalue weighted by Gasteiger charge is -2.32. The predicted octanol–water partition coefficient (Wildman–Crippen LogP) is 4.67. The fraction of sp³-hybridized carbons (Fsp3) is 0.478. The van der Waals surface area contributed by atoms with Gasteiger partial charge in [0.2, 0.25) is 5.76 Å². The fourth-order valence-corrected chi connectivity index (χ4v) is 3.16. The molecule has 32 heavy (non-hydrogen) atoms. The van der Waals surface area contributed by atoms with Gasteiger partial charge in [-0.05, 0) is 77.7 Å². The summed E-state index contributed by atoms with van der Waals surface area (Å²) in [5.41, 5.74) is 0.235. The molecule has 0 unspecified atom stereocenters. The molecule has 0 spiro atoms. The van der Waals surface area contributed by atoms with Crippen molar-refractivity contribution in [2.45, 2.75) is 65.3 Å². The molecule has 0 bridgehead atoms. The molecule has 0 atom stereocenters. The number of rotatable bonds is 5. The first-order chi connectivity index (χ1) is 14.7. The highest BCUT2D eigenvalue weighted by Gasteiger charge is 2.52. The van der Waals surface area contributed by atoms with E-state index >= 15 is 0 Å². The summed E-state index contributed by atoms with van der Waals surface area (Å²) in [5, 5.41) is 12.6. The predicted molar refractivity (Wildman–Crippen MR) is 121 cm³/mol. The van der Waals surface area contributed by atoms with Crippen LogP contribution in [0.25, 0.3) is 17.0 Å². The molecule has 1 fully saturated rings. The minimum absolute atomic E-state index is 0.126. The Balaban J connectivity index is 1.91. The molecule has 2 heterocycles. The first kappa shape index (κ1) is 23.9. The number of hydrogen-bond acceptors (Lipinski definition) is 6. The second kappa shape index (κ2) is 8.29. The summed E-state index contributed by atoms with van der Waals surface area (Å²) in [6, 6.07) is 6.79. The van der Waals surface area contributed by atoms with E-state index < -0.39 is 36.0 Å². The van der Waals surface area contributed by atoms with Crippen LogP contribution in [0.15, 0.2) is 34.2 Å². The van der Waals surface area contributed by atoms with E-state index in [-0.39, 0.29) is 12.3 Å². The Morgan fingerprint density at radius 2 is 1.75 bits per heavy atom. The van der Waals surface area contributed by atoms with Crippen LogP contribution in [0.5, 0.6) is 0 Å². The molecule has 1 aromatic heterocycles. The molecule has 1 saturated heterocycles. The van der Waals surface area contributed by atoms with Crippen molar-refractivity contribution >= 4 is 36.2 Å². The van der Waals surface area contributed by atoms with Gasteiger partial charge >= 0.3 is 19.2 Å². The number of amides is 1. The number of nitrogens with one attached hydrogen (secondary N) is 1. The van der Waals surface area contributed by atoms with Gasteiger partial charge in [-0.15, -0.1) is 0 Å². The van der Waals surface area contributed by atoms with Gasteiger partial charge in [-0.3, -0.25) is 0 Å². The molecular weight excluding hydrogens is 413 g/mol. The fourth-order valence-electron chi connectivity index (χ4n) is 3.16. The maximum absolute atomic E-state index is 12.2. The third-order valence-corrected chi connectivity index (χ3v) is 5.49. The van der Waals surface area contributed by atoms with E-state index in [0.29, 0.717) is 16.4 Å². The maximum atomic E-state index is 12.2. The van der Waals surface area contributed by atoms with E-state index in [2.05, 4.69) is 5.32 Å². The van der Waals surface area contributed by atoms with Crippen molar-refractivity contribution in [1.29, 1.82) is 0 Å². The summed E-state index contributed by atoms with van der Waals surface area (Å²) in [7, 11) is -0.676. The van der Waals surface area contributed by atoms with Gasteiger partial charge < -0.3 is 28.9 Å². The van der Waals surface area contributed by atoms with Crippen molar-refractivity contribution in [2.24, 2.45) is 0 Å². The van der Waals surface area contributed by atoms with Crippen LogP contribution in [-0.2, 0) is 14.0 Å². The summed E-state index contributed by atoms with van der Waals surface area (Å²) in [5.74, 6) is -1.25. The standard InChI is InChI=1S/C23H30BNO7/c1-21(2,3)30-20(28)25-13-16(24-31-22(4,5)23(6,7)32-24)11-14-8-9-17-15(10-14)12-18(29-17)19(26)27/h8-12H,13H2,1-7H3,(H,25,28)(H,26,27). The zero-order valence-corrected chi connectivity index (χ0v) is 19.6. The molecule has 1 aliphatic rings. The van der Waals surface area contributed by atoms with Crippen molar-refractivity contribution in [3.8, 4) is 0 Å². The third kappa shape index (κ3) is 5.34. The normalized spacial score (nSPS) is 18.1. The molecular formula is C23H30BNO7. The van der Waals surface area contributed by atoms with Gasteiger partial charge in [-0.2, -0.15) is 0 Å². The summed E-state index contributed by atoms with van der Waals surface area (Å²) >= 11 is 0. The maximum Gasteiger partial charge on any atom is 0.492 e. The van der Waals surface area contributed by atoms with E-state index in [1.807, 2.05) is 39.8 Å². The Morgan fingerprint density at radius 3 is 2.31 bits per heavy atom. The summed E-state index contributed by atoms with van der Waals surface area (Å²) in [6.45, 7) is 13.4. The summed E-state index contributed by atoms with van der Waals surface area (Å²) in [6.07, 6.45) is 1.31. The number of alkyl carbamates (subject to hydrolysis) is 1. The van der Waals surface area contributed by atoms with Crippen molar-refractivity contribution in [1.82, 2.24) is 5.32 Å². The van der Waals surface area contributed by atoms with Gasteiger partial charge in [0.25, 0.3) is 0 Å². The molecule has 2 N–H and O–H groups in total. The minimum atomic E-state index is -1.13. The number of hydrogen-bond donors (Lipinski definition) is 2. The van der Waals surface area contributed by atoms with Crippen LogP contribution in [0.1, 0.15) is 64.6 Å². The van der Waals surface area contributed by atoms with Crippen LogP contribution in [0, 0.1) is 0 Å². The van der Waals surface area contributed by atoms with E-state index in [9.17, 15) is 9.59 Å². The number of fused-ring (bicyclic) bond motifs is 1. The van der Waals surface area contributed by atoms with E-state index in [1.165, 1.54) is 6.07 Å². The Labute approximate surface area is 188 Å². The average Bonchev–Trinajstić information content (AvgIpc) is 3.14. The minimum Gasteiger partial charge on any atom is -0.475 e. The number of furan rings is 1. The van der Waals surface area contributed by atoms with Gasteiger partial charge in [0.1, 0.15) is 11.2 Å². The SMILES string of the molecule is CC(C)(C)OC(=O)NCC(=Cc1ccc2oc(C(=O)O)cc2c1)B1OC(C)(C)C(C)(C)O1. The Bertz CT molecular complexity index is 1050. The van der Waals surface area contributed by atoms with Crippen LogP contribution < -0.4 is 5.32 Å². The molecule has 9 heteroatoms. The van der Waals surface area contributed by atoms with E-state index in [1.54, 1.807) is 32.9 Å². The van der Waals surface area contributed by atoms with Crippen LogP contribution >= 0.6 is 0 Å². The first-order valence-electron chi connectivity index (χ1n) is 10.5. The summed E-state index contributed by atoms with van der Waals surface area (Å²) < 4.78 is 23.0. The molecule has 8 nitrogen and oxygen atoms in total. The third-order valence-electron chi connectivity index (χ3n) is 5.49. The molecule has 1 amide bonds. The van der Waals surface area contributed by atoms with E-state index in [0.717, 1.165) is 5.56 Å². The van der Waals surface area contributed by atoms with Crippen molar-refractivity contribution < 1.29 is 33.2 Å². The molecule has 0 aliphatic carbocycles. The smallest absolute Gasteiger partial charge is 0.475 e. The largest absolute Gasteiger partial charge is 0.492 e. The number of benzene rings is 1. The van der Waals surface area contributed by atoms with Crippen molar-refractivity contribution in [3.05, 3.63) is 41.1 Å². The lowest BCUT2D eigenvalue weighted by Crippen LogP contribution is -2.41. The van der Waals surface area contributed by atoms with Gasteiger partial charge in [0.15, 0.2) is 0 Å². The number of carboxylic acids is 1. The monoisotopic (exact) mass is 443 g/mol. The number of carboxylic acid groups (broad SMARTS) is 1. The van der Waals surface area contributed by atoms with Gasteiger partial charge in [0, 0.05) is 11.9 Å². The lowest BCUT2D eigenvalue weighted by atomic mass is 9.77. The van der Waals surface area contributed by atoms with Crippen molar-refractivity contribution in [2.75, 3.05) is 6.54 Å². The first-order valence-corrected chi connectivity index (χ1v) is 10.5. The zero-order chi connectivity index (χ0) is 23.9. The molecule has 0 radical (unpaired) electrons. The molecule has 1 aliphatic heterocycles. The topological polar surface area (TPSA) is 107 Å². The second-order valence-electron chi connectivity index (χ2n) is 9.88. The molecule has 3 rings (SSSR count). The van der Waals surface area contributed by atoms with Crippen molar-refractivity contribution in [3.63, 3.8) is 0 Å². The number of ether oxygens (including phenoxy) is 1. The van der Waals surface area contributed by atoms with Crippen LogP contribution in [-0.4, -0.2) is 47.6 Å². The van der Waals surface area contributed by atoms with Crippen LogP contribution in [0.2, 0.25) is 0 Å². The van der Waals surface area contributed by atoms with Gasteiger partial charge in [-0.25, -0.2) is 9.59 Å². The molecule has 1 aromatic carbocycles. The highest BCUT2D eigenvalue weighted by Crippen LogP contribution is 2.39. The molecule has 0 saturated carbocycles. The molecule has 2 aromatic rings. The number of carbonyl (C=O) groups is 2. The quantitative estimate of drug-likeness (QED) is 0.647. The Kier molecular flexibility index (Phi) is 6.19. The lowest BCUT2D eigenvalue weighted by molar-refractivity contribution is 0.00578. The molecule has 172 valence electrons. The van der Waals surface area contributed by atoms with Crippen LogP contribution in [0.3, 0.4) is 0 Å². The van der Waals surface area contributed by atoms with Gasteiger partial charge in [-0.1, -0.05) is 12.1 Å². The average molecular weight is 443 g/mol. The Morgan fingerprint density at radius 1 is 1.12 bits per heavy atom. The summed E-state index contributed by atoms with van der Waals surface area (Å²) in [4.78, 5) is 23.4. The highest BCUT2D eigenvalue weighted by atomic mass is 16.7.